The van der Waals surface area contributed by atoms with Gasteiger partial charge >= 0.3 is 0 Å². The Balaban J connectivity index is 1.04. The van der Waals surface area contributed by atoms with Gasteiger partial charge in [-0.25, -0.2) is 9.97 Å². The van der Waals surface area contributed by atoms with Crippen molar-refractivity contribution < 1.29 is 0 Å². The van der Waals surface area contributed by atoms with Gasteiger partial charge in [-0.1, -0.05) is 153 Å². The third kappa shape index (κ3) is 5.38. The second-order valence-electron chi connectivity index (χ2n) is 15.6. The molecule has 0 atom stereocenters. The summed E-state index contributed by atoms with van der Waals surface area (Å²) in [7, 11) is 0. The third-order valence-electron chi connectivity index (χ3n) is 11.9. The van der Waals surface area contributed by atoms with E-state index in [4.69, 9.17) is 9.97 Å². The van der Waals surface area contributed by atoms with Crippen molar-refractivity contribution in [1.29, 1.82) is 0 Å². The topological polar surface area (TPSA) is 38.7 Å². The van der Waals surface area contributed by atoms with Crippen LogP contribution in [0.1, 0.15) is 25.0 Å². The largest absolute Gasteiger partial charge is 0.265 e. The highest BCUT2D eigenvalue weighted by molar-refractivity contribution is 6.25. The van der Waals surface area contributed by atoms with Crippen molar-refractivity contribution in [2.75, 3.05) is 0 Å². The molecule has 2 heterocycles. The Morgan fingerprint density at radius 2 is 0.825 bits per heavy atom. The van der Waals surface area contributed by atoms with Gasteiger partial charge in [0.15, 0.2) is 5.82 Å². The summed E-state index contributed by atoms with van der Waals surface area (Å²) in [5.41, 5.74) is 14.3. The molecule has 0 aliphatic heterocycles. The lowest BCUT2D eigenvalue weighted by molar-refractivity contribution is 0.658. The van der Waals surface area contributed by atoms with Crippen LogP contribution in [-0.2, 0) is 5.41 Å². The van der Waals surface area contributed by atoms with E-state index < -0.39 is 0 Å². The Labute approximate surface area is 332 Å². The minimum atomic E-state index is -0.278. The molecule has 0 unspecified atom stereocenters. The predicted octanol–water partition coefficient (Wildman–Crippen LogP) is 14.0. The summed E-state index contributed by atoms with van der Waals surface area (Å²) >= 11 is 0. The Kier molecular flexibility index (Phi) is 7.52. The van der Waals surface area contributed by atoms with Crippen LogP contribution in [-0.4, -0.2) is 15.0 Å². The molecule has 11 rings (SSSR count). The fourth-order valence-corrected chi connectivity index (χ4v) is 9.15. The zero-order valence-corrected chi connectivity index (χ0v) is 31.7. The van der Waals surface area contributed by atoms with Crippen LogP contribution in [0.5, 0.6) is 0 Å². The van der Waals surface area contributed by atoms with E-state index >= 15 is 0 Å². The van der Waals surface area contributed by atoms with Gasteiger partial charge in [-0.15, -0.1) is 0 Å². The van der Waals surface area contributed by atoms with Gasteiger partial charge in [0, 0.05) is 40.1 Å². The molecule has 0 N–H and O–H groups in total. The molecule has 0 amide bonds. The molecule has 2 aromatic heterocycles. The molecule has 1 aliphatic rings. The Bertz CT molecular complexity index is 3180. The van der Waals surface area contributed by atoms with E-state index in [1.54, 1.807) is 0 Å². The van der Waals surface area contributed by atoms with E-state index in [9.17, 15) is 0 Å². The Morgan fingerprint density at radius 3 is 1.49 bits per heavy atom. The quantitative estimate of drug-likeness (QED) is 0.166. The van der Waals surface area contributed by atoms with Crippen LogP contribution in [0.25, 0.3) is 99.6 Å². The molecule has 0 radical (unpaired) electrons. The molecule has 0 bridgehead atoms. The van der Waals surface area contributed by atoms with Gasteiger partial charge in [-0.05, 0) is 108 Å². The van der Waals surface area contributed by atoms with E-state index in [0.29, 0.717) is 0 Å². The fourth-order valence-electron chi connectivity index (χ4n) is 9.15. The van der Waals surface area contributed by atoms with E-state index in [1.807, 2.05) is 24.5 Å². The van der Waals surface area contributed by atoms with E-state index in [2.05, 4.69) is 183 Å². The zero-order chi connectivity index (χ0) is 38.1. The van der Waals surface area contributed by atoms with Gasteiger partial charge in [-0.2, -0.15) is 0 Å². The first-order valence-electron chi connectivity index (χ1n) is 19.6. The highest BCUT2D eigenvalue weighted by Crippen LogP contribution is 2.51. The highest BCUT2D eigenvalue weighted by atomic mass is 14.9. The number of hydrogen-bond donors (Lipinski definition) is 0. The summed E-state index contributed by atoms with van der Waals surface area (Å²) < 4.78 is 0. The lowest BCUT2D eigenvalue weighted by atomic mass is 9.80. The molecular formula is C54H37N3. The molecule has 0 spiro atoms. The first-order valence-corrected chi connectivity index (χ1v) is 19.6. The number of pyridine rings is 1. The van der Waals surface area contributed by atoms with Gasteiger partial charge in [0.1, 0.15) is 0 Å². The van der Waals surface area contributed by atoms with Crippen LogP contribution in [0.4, 0.5) is 0 Å². The molecule has 0 saturated carbocycles. The summed E-state index contributed by atoms with van der Waals surface area (Å²) in [6, 6.07) is 63.6. The van der Waals surface area contributed by atoms with Crippen LogP contribution >= 0.6 is 0 Å². The molecule has 0 saturated heterocycles. The molecule has 0 fully saturated rings. The maximum absolute atomic E-state index is 5.45. The Hall–Kier alpha value is -7.23. The second kappa shape index (κ2) is 12.9. The molecule has 1 aliphatic carbocycles. The van der Waals surface area contributed by atoms with Gasteiger partial charge < -0.3 is 0 Å². The SMILES string of the molecule is CC1(C)c2ccccc2-c2nc(-c3cccc(-c4ccncc4)c3)nc(-c3cccc(-c4cccc(-c5ccc6c7ccccc7c7ccccc7c6c5)c4)c3)c21. The van der Waals surface area contributed by atoms with Gasteiger partial charge in [-0.3, -0.25) is 4.98 Å². The van der Waals surface area contributed by atoms with Crippen LogP contribution in [0.3, 0.4) is 0 Å². The van der Waals surface area contributed by atoms with Gasteiger partial charge in [0.05, 0.1) is 11.4 Å². The second-order valence-corrected chi connectivity index (χ2v) is 15.6. The number of rotatable bonds is 5. The standard InChI is InChI=1S/C54H37N3/c1-54(2)49-23-8-7-22-47(49)52-50(54)51(56-53(57-52)41-17-11-12-35(32-41)34-26-28-55-29-27-34)40-16-10-15-38(31-40)36-13-9-14-37(30-36)39-24-25-46-44-20-4-3-18-42(44)43-19-5-6-21-45(43)48(46)33-39/h3-33H,1-2H3. The normalized spacial score (nSPS) is 12.9. The van der Waals surface area contributed by atoms with Crippen molar-refractivity contribution in [3.63, 3.8) is 0 Å². The zero-order valence-electron chi connectivity index (χ0n) is 31.7. The van der Waals surface area contributed by atoms with Crippen molar-refractivity contribution in [3.05, 3.63) is 199 Å². The monoisotopic (exact) mass is 727 g/mol. The van der Waals surface area contributed by atoms with Crippen LogP contribution in [0, 0.1) is 0 Å². The third-order valence-corrected chi connectivity index (χ3v) is 11.9. The van der Waals surface area contributed by atoms with Crippen LogP contribution in [0.15, 0.2) is 188 Å². The fraction of sp³-hybridized carbons (Fsp3) is 0.0556. The molecule has 3 nitrogen and oxygen atoms in total. The number of hydrogen-bond acceptors (Lipinski definition) is 3. The summed E-state index contributed by atoms with van der Waals surface area (Å²) in [6.45, 7) is 4.61. The van der Waals surface area contributed by atoms with Crippen molar-refractivity contribution in [2.45, 2.75) is 19.3 Å². The first-order chi connectivity index (χ1) is 28.0. The molecule has 57 heavy (non-hydrogen) atoms. The maximum atomic E-state index is 5.45. The number of aromatic nitrogens is 3. The van der Waals surface area contributed by atoms with E-state index in [-0.39, 0.29) is 5.41 Å². The lowest BCUT2D eigenvalue weighted by Gasteiger charge is -2.24. The summed E-state index contributed by atoms with van der Waals surface area (Å²) in [4.78, 5) is 15.0. The summed E-state index contributed by atoms with van der Waals surface area (Å²) in [6.07, 6.45) is 3.66. The predicted molar refractivity (Wildman–Crippen MR) is 237 cm³/mol. The molecular weight excluding hydrogens is 691 g/mol. The minimum absolute atomic E-state index is 0.278. The van der Waals surface area contributed by atoms with Crippen molar-refractivity contribution in [3.8, 4) is 67.3 Å². The Morgan fingerprint density at radius 1 is 0.351 bits per heavy atom. The van der Waals surface area contributed by atoms with E-state index in [1.165, 1.54) is 60.1 Å². The first kappa shape index (κ1) is 33.1. The number of benzene rings is 8. The molecule has 8 aromatic carbocycles. The molecule has 3 heteroatoms. The minimum Gasteiger partial charge on any atom is -0.265 e. The number of fused-ring (bicyclic) bond motifs is 9. The van der Waals surface area contributed by atoms with Crippen molar-refractivity contribution >= 4 is 32.3 Å². The smallest absolute Gasteiger partial charge is 0.160 e. The average molecular weight is 728 g/mol. The maximum Gasteiger partial charge on any atom is 0.160 e. The van der Waals surface area contributed by atoms with Crippen LogP contribution in [0.2, 0.25) is 0 Å². The molecule has 10 aromatic rings. The van der Waals surface area contributed by atoms with Gasteiger partial charge in [0.25, 0.3) is 0 Å². The van der Waals surface area contributed by atoms with Gasteiger partial charge in [0.2, 0.25) is 0 Å². The molecule has 268 valence electrons. The number of nitrogens with zero attached hydrogens (tertiary/aromatic N) is 3. The average Bonchev–Trinajstić information content (AvgIpc) is 3.52. The summed E-state index contributed by atoms with van der Waals surface area (Å²) in [5, 5.41) is 7.71. The summed E-state index contributed by atoms with van der Waals surface area (Å²) in [5.74, 6) is 0.719. The van der Waals surface area contributed by atoms with Crippen LogP contribution < -0.4 is 0 Å². The highest BCUT2D eigenvalue weighted by Gasteiger charge is 2.40. The van der Waals surface area contributed by atoms with Crippen molar-refractivity contribution in [1.82, 2.24) is 15.0 Å². The van der Waals surface area contributed by atoms with Crippen molar-refractivity contribution in [2.24, 2.45) is 0 Å². The van der Waals surface area contributed by atoms with E-state index in [0.717, 1.165) is 50.6 Å². The lowest BCUT2D eigenvalue weighted by Crippen LogP contribution is -2.17.